The van der Waals surface area contributed by atoms with Crippen LogP contribution in [0.5, 0.6) is 0 Å². The van der Waals surface area contributed by atoms with Crippen LogP contribution < -0.4 is 10.2 Å². The monoisotopic (exact) mass is 510 g/mol. The lowest BCUT2D eigenvalue weighted by atomic mass is 10.0. The van der Waals surface area contributed by atoms with Crippen molar-refractivity contribution >= 4 is 57.5 Å². The number of carbonyl (C=O) groups is 2. The van der Waals surface area contributed by atoms with E-state index in [1.54, 1.807) is 18.2 Å². The van der Waals surface area contributed by atoms with Crippen molar-refractivity contribution in [1.29, 1.82) is 0 Å². The van der Waals surface area contributed by atoms with Gasteiger partial charge in [0.1, 0.15) is 5.57 Å². The molecule has 5 rings (SSSR count). The van der Waals surface area contributed by atoms with Crippen LogP contribution >= 0.6 is 12.2 Å². The number of non-ortho nitro benzene ring substituents is 1. The molecule has 9 heteroatoms. The number of nitrogens with one attached hydrogen (secondary N) is 1. The Balaban J connectivity index is 1.55. The van der Waals surface area contributed by atoms with Crippen LogP contribution in [-0.4, -0.2) is 26.4 Å². The number of amides is 2. The number of aromatic nitrogens is 1. The molecule has 8 nitrogen and oxygen atoms in total. The highest BCUT2D eigenvalue weighted by molar-refractivity contribution is 7.80. The Labute approximate surface area is 218 Å². The van der Waals surface area contributed by atoms with E-state index < -0.39 is 16.7 Å². The van der Waals surface area contributed by atoms with Crippen LogP contribution in [0, 0.1) is 24.0 Å². The number of fused-ring (bicyclic) bond motifs is 1. The molecule has 1 aliphatic rings. The standard InChI is InChI=1S/C28H22N4O4S/c1-17-7-8-18(2)25(13-17)31-27(34)23(26(33)29-28(31)37)14-20-16-30(24-6-4-3-5-22(20)24)15-19-9-11-21(12-10-19)32(35)36/h3-14,16H,15H2,1-2H3,(H,29,33,37)/b23-14+. The summed E-state index contributed by atoms with van der Waals surface area (Å²) in [5.74, 6) is -1.04. The average molecular weight is 511 g/mol. The van der Waals surface area contributed by atoms with Gasteiger partial charge in [-0.3, -0.25) is 29.9 Å². The zero-order chi connectivity index (χ0) is 26.3. The number of anilines is 1. The summed E-state index contributed by atoms with van der Waals surface area (Å²) in [6, 6.07) is 19.8. The second kappa shape index (κ2) is 9.44. The lowest BCUT2D eigenvalue weighted by Gasteiger charge is -2.30. The van der Waals surface area contributed by atoms with E-state index in [9.17, 15) is 19.7 Å². The van der Waals surface area contributed by atoms with Crippen molar-refractivity contribution < 1.29 is 14.5 Å². The second-order valence-corrected chi connectivity index (χ2v) is 9.29. The first-order chi connectivity index (χ1) is 17.7. The first-order valence-electron chi connectivity index (χ1n) is 11.5. The van der Waals surface area contributed by atoms with Crippen molar-refractivity contribution in [2.45, 2.75) is 20.4 Å². The summed E-state index contributed by atoms with van der Waals surface area (Å²) in [5.41, 5.74) is 4.94. The maximum atomic E-state index is 13.6. The van der Waals surface area contributed by atoms with E-state index in [2.05, 4.69) is 5.32 Å². The Morgan fingerprint density at radius 2 is 1.76 bits per heavy atom. The van der Waals surface area contributed by atoms with E-state index in [4.69, 9.17) is 12.2 Å². The molecule has 2 amide bonds. The molecular formula is C28H22N4O4S. The first-order valence-corrected chi connectivity index (χ1v) is 11.9. The summed E-state index contributed by atoms with van der Waals surface area (Å²) in [6.07, 6.45) is 3.46. The van der Waals surface area contributed by atoms with Crippen LogP contribution in [0.1, 0.15) is 22.3 Å². The van der Waals surface area contributed by atoms with Gasteiger partial charge in [-0.2, -0.15) is 0 Å². The summed E-state index contributed by atoms with van der Waals surface area (Å²) in [7, 11) is 0. The topological polar surface area (TPSA) is 97.5 Å². The number of carbonyl (C=O) groups excluding carboxylic acids is 2. The van der Waals surface area contributed by atoms with Crippen molar-refractivity contribution in [3.05, 3.63) is 111 Å². The molecule has 1 aliphatic heterocycles. The summed E-state index contributed by atoms with van der Waals surface area (Å²) >= 11 is 5.36. The van der Waals surface area contributed by atoms with E-state index in [1.165, 1.54) is 17.0 Å². The zero-order valence-corrected chi connectivity index (χ0v) is 20.9. The van der Waals surface area contributed by atoms with Crippen LogP contribution in [0.25, 0.3) is 17.0 Å². The molecule has 0 aliphatic carbocycles. The van der Waals surface area contributed by atoms with Gasteiger partial charge in [-0.05, 0) is 61.0 Å². The second-order valence-electron chi connectivity index (χ2n) is 8.90. The van der Waals surface area contributed by atoms with Gasteiger partial charge in [0.15, 0.2) is 5.11 Å². The highest BCUT2D eigenvalue weighted by Gasteiger charge is 2.35. The van der Waals surface area contributed by atoms with Gasteiger partial charge in [0.25, 0.3) is 17.5 Å². The average Bonchev–Trinajstić information content (AvgIpc) is 3.21. The number of nitrogens with zero attached hydrogens (tertiary/aromatic N) is 3. The minimum Gasteiger partial charge on any atom is -0.342 e. The molecule has 4 aromatic rings. The van der Waals surface area contributed by atoms with E-state index in [0.29, 0.717) is 17.8 Å². The van der Waals surface area contributed by atoms with Crippen molar-refractivity contribution in [2.24, 2.45) is 0 Å². The molecule has 0 unspecified atom stereocenters. The van der Waals surface area contributed by atoms with Gasteiger partial charge in [-0.1, -0.05) is 42.5 Å². The predicted molar refractivity (Wildman–Crippen MR) is 146 cm³/mol. The summed E-state index contributed by atoms with van der Waals surface area (Å²) in [6.45, 7) is 4.27. The maximum absolute atomic E-state index is 13.6. The molecule has 0 saturated carbocycles. The normalized spacial score (nSPS) is 14.9. The number of hydrogen-bond acceptors (Lipinski definition) is 5. The van der Waals surface area contributed by atoms with Gasteiger partial charge in [0.2, 0.25) is 0 Å². The summed E-state index contributed by atoms with van der Waals surface area (Å²) < 4.78 is 1.99. The number of thiocarbonyl (C=S) groups is 1. The Hall–Kier alpha value is -4.63. The predicted octanol–water partition coefficient (Wildman–Crippen LogP) is 5.05. The minimum atomic E-state index is -0.552. The lowest BCUT2D eigenvalue weighted by molar-refractivity contribution is -0.384. The Bertz CT molecular complexity index is 1640. The van der Waals surface area contributed by atoms with Gasteiger partial charge in [-0.25, -0.2) is 0 Å². The third kappa shape index (κ3) is 4.52. The minimum absolute atomic E-state index is 0.0206. The number of rotatable bonds is 5. The molecule has 37 heavy (non-hydrogen) atoms. The molecule has 1 fully saturated rings. The molecular weight excluding hydrogens is 488 g/mol. The van der Waals surface area contributed by atoms with Crippen LogP contribution in [-0.2, 0) is 16.1 Å². The molecule has 0 atom stereocenters. The molecule has 1 N–H and O–H groups in total. The van der Waals surface area contributed by atoms with Gasteiger partial charge in [0, 0.05) is 41.3 Å². The summed E-state index contributed by atoms with van der Waals surface area (Å²) in [4.78, 5) is 38.4. The van der Waals surface area contributed by atoms with Crippen molar-refractivity contribution in [1.82, 2.24) is 9.88 Å². The van der Waals surface area contributed by atoms with Crippen LogP contribution in [0.3, 0.4) is 0 Å². The third-order valence-electron chi connectivity index (χ3n) is 6.33. The zero-order valence-electron chi connectivity index (χ0n) is 20.1. The van der Waals surface area contributed by atoms with Gasteiger partial charge in [-0.15, -0.1) is 0 Å². The smallest absolute Gasteiger partial charge is 0.270 e. The highest BCUT2D eigenvalue weighted by atomic mass is 32.1. The van der Waals surface area contributed by atoms with Crippen molar-refractivity contribution in [3.8, 4) is 0 Å². The van der Waals surface area contributed by atoms with E-state index in [1.807, 2.05) is 67.1 Å². The molecule has 184 valence electrons. The Kier molecular flexibility index (Phi) is 6.14. The molecule has 0 bridgehead atoms. The van der Waals surface area contributed by atoms with Gasteiger partial charge in [0.05, 0.1) is 10.6 Å². The largest absolute Gasteiger partial charge is 0.342 e. The molecule has 1 saturated heterocycles. The fraction of sp³-hybridized carbons (Fsp3) is 0.107. The number of benzene rings is 3. The van der Waals surface area contributed by atoms with Crippen LogP contribution in [0.4, 0.5) is 11.4 Å². The maximum Gasteiger partial charge on any atom is 0.270 e. The molecule has 0 radical (unpaired) electrons. The quantitative estimate of drug-likeness (QED) is 0.133. The number of hydrogen-bond donors (Lipinski definition) is 1. The highest BCUT2D eigenvalue weighted by Crippen LogP contribution is 2.29. The molecule has 1 aromatic heterocycles. The fourth-order valence-corrected chi connectivity index (χ4v) is 4.71. The lowest BCUT2D eigenvalue weighted by Crippen LogP contribution is -2.54. The van der Waals surface area contributed by atoms with Crippen LogP contribution in [0.15, 0.2) is 78.5 Å². The molecule has 2 heterocycles. The number of aryl methyl sites for hydroxylation is 2. The first kappa shape index (κ1) is 24.1. The van der Waals surface area contributed by atoms with Gasteiger partial charge >= 0.3 is 0 Å². The van der Waals surface area contributed by atoms with Crippen molar-refractivity contribution in [2.75, 3.05) is 4.90 Å². The third-order valence-corrected chi connectivity index (χ3v) is 6.61. The summed E-state index contributed by atoms with van der Waals surface area (Å²) in [5, 5.41) is 14.5. The van der Waals surface area contributed by atoms with Crippen molar-refractivity contribution in [3.63, 3.8) is 0 Å². The van der Waals surface area contributed by atoms with Crippen LogP contribution in [0.2, 0.25) is 0 Å². The Morgan fingerprint density at radius 3 is 2.49 bits per heavy atom. The van der Waals surface area contributed by atoms with E-state index in [0.717, 1.165) is 27.6 Å². The number of nitro benzene ring substituents is 1. The van der Waals surface area contributed by atoms with E-state index in [-0.39, 0.29) is 16.4 Å². The van der Waals surface area contributed by atoms with Gasteiger partial charge < -0.3 is 4.57 Å². The molecule has 3 aromatic carbocycles. The number of para-hydroxylation sites is 1. The number of nitro groups is 1. The fourth-order valence-electron chi connectivity index (χ4n) is 4.43. The Morgan fingerprint density at radius 1 is 1.03 bits per heavy atom. The molecule has 0 spiro atoms. The SMILES string of the molecule is Cc1ccc(C)c(N2C(=O)/C(=C/c3cn(Cc4ccc([N+](=O)[O-])cc4)c4ccccc34)C(=O)NC2=S)c1. The van der Waals surface area contributed by atoms with E-state index >= 15 is 0 Å².